The average Bonchev–Trinajstić information content (AvgIpc) is 2.47. The van der Waals surface area contributed by atoms with Crippen LogP contribution in [0.2, 0.25) is 5.02 Å². The summed E-state index contributed by atoms with van der Waals surface area (Å²) in [7, 11) is 0.795. The summed E-state index contributed by atoms with van der Waals surface area (Å²) in [5.41, 5.74) is 4.10. The first-order valence-electron chi connectivity index (χ1n) is 6.95. The second-order valence-corrected chi connectivity index (χ2v) is 7.04. The van der Waals surface area contributed by atoms with Gasteiger partial charge in [-0.25, -0.2) is 0 Å². The van der Waals surface area contributed by atoms with Crippen molar-refractivity contribution >= 4 is 28.1 Å². The SMILES string of the molecule is COc1ccc(C)cc1CNc1cc(C[S@](C)=O)ccc1Cl. The summed E-state index contributed by atoms with van der Waals surface area (Å²) in [5, 5.41) is 3.98. The lowest BCUT2D eigenvalue weighted by Crippen LogP contribution is -2.03. The Kier molecular flexibility index (Phi) is 5.86. The second-order valence-electron chi connectivity index (χ2n) is 5.20. The first kappa shape index (κ1) is 16.8. The molecule has 0 amide bonds. The van der Waals surface area contributed by atoms with Gasteiger partial charge in [0.15, 0.2) is 0 Å². The first-order valence-corrected chi connectivity index (χ1v) is 9.06. The number of hydrogen-bond donors (Lipinski definition) is 1. The van der Waals surface area contributed by atoms with E-state index in [-0.39, 0.29) is 0 Å². The van der Waals surface area contributed by atoms with E-state index >= 15 is 0 Å². The Morgan fingerprint density at radius 3 is 2.68 bits per heavy atom. The zero-order valence-electron chi connectivity index (χ0n) is 13.0. The molecule has 2 aromatic carbocycles. The van der Waals surface area contributed by atoms with Gasteiger partial charge in [0.2, 0.25) is 0 Å². The zero-order valence-corrected chi connectivity index (χ0v) is 14.6. The van der Waals surface area contributed by atoms with Crippen molar-refractivity contribution in [3.63, 3.8) is 0 Å². The van der Waals surface area contributed by atoms with E-state index in [0.717, 1.165) is 22.6 Å². The lowest BCUT2D eigenvalue weighted by molar-refractivity contribution is 0.410. The molecule has 5 heteroatoms. The topological polar surface area (TPSA) is 38.3 Å². The molecular formula is C17H20ClNO2S. The van der Waals surface area contributed by atoms with Gasteiger partial charge in [0.1, 0.15) is 5.75 Å². The molecule has 0 radical (unpaired) electrons. The van der Waals surface area contributed by atoms with Crippen molar-refractivity contribution in [2.75, 3.05) is 18.7 Å². The lowest BCUT2D eigenvalue weighted by Gasteiger charge is -2.13. The molecule has 0 saturated heterocycles. The quantitative estimate of drug-likeness (QED) is 0.860. The molecule has 22 heavy (non-hydrogen) atoms. The van der Waals surface area contributed by atoms with Crippen molar-refractivity contribution in [2.24, 2.45) is 0 Å². The minimum atomic E-state index is -0.870. The summed E-state index contributed by atoms with van der Waals surface area (Å²) in [4.78, 5) is 0. The lowest BCUT2D eigenvalue weighted by atomic mass is 10.1. The van der Waals surface area contributed by atoms with Gasteiger partial charge >= 0.3 is 0 Å². The third kappa shape index (κ3) is 4.49. The van der Waals surface area contributed by atoms with Crippen molar-refractivity contribution in [1.29, 1.82) is 0 Å². The van der Waals surface area contributed by atoms with Crippen LogP contribution in [-0.2, 0) is 23.1 Å². The highest BCUT2D eigenvalue weighted by molar-refractivity contribution is 7.83. The van der Waals surface area contributed by atoms with Crippen LogP contribution in [0.15, 0.2) is 36.4 Å². The summed E-state index contributed by atoms with van der Waals surface area (Å²) in [6.07, 6.45) is 1.69. The summed E-state index contributed by atoms with van der Waals surface area (Å²) in [6.45, 7) is 2.66. The molecule has 0 spiro atoms. The Bertz CT molecular complexity index is 688. The minimum absolute atomic E-state index is 0.527. The summed E-state index contributed by atoms with van der Waals surface area (Å²) in [5.74, 6) is 1.37. The van der Waals surface area contributed by atoms with Gasteiger partial charge in [0.25, 0.3) is 0 Å². The highest BCUT2D eigenvalue weighted by Gasteiger charge is 2.07. The average molecular weight is 338 g/mol. The van der Waals surface area contributed by atoms with Gasteiger partial charge < -0.3 is 10.1 Å². The number of hydrogen-bond acceptors (Lipinski definition) is 3. The Morgan fingerprint density at radius 1 is 1.23 bits per heavy atom. The van der Waals surface area contributed by atoms with Crippen molar-refractivity contribution in [3.8, 4) is 5.75 Å². The molecule has 118 valence electrons. The van der Waals surface area contributed by atoms with Crippen LogP contribution in [0.4, 0.5) is 5.69 Å². The number of ether oxygens (including phenoxy) is 1. The molecule has 0 fully saturated rings. The Balaban J connectivity index is 2.17. The van der Waals surface area contributed by atoms with E-state index in [1.54, 1.807) is 13.4 Å². The summed E-state index contributed by atoms with van der Waals surface area (Å²) in [6, 6.07) is 11.8. The Labute approximate surface area is 139 Å². The van der Waals surface area contributed by atoms with E-state index in [9.17, 15) is 4.21 Å². The maximum Gasteiger partial charge on any atom is 0.123 e. The van der Waals surface area contributed by atoms with Gasteiger partial charge in [-0.05, 0) is 30.7 Å². The number of rotatable bonds is 6. The maximum atomic E-state index is 11.4. The van der Waals surface area contributed by atoms with Crippen LogP contribution in [-0.4, -0.2) is 17.6 Å². The highest BCUT2D eigenvalue weighted by Crippen LogP contribution is 2.26. The van der Waals surface area contributed by atoms with E-state index in [1.165, 1.54) is 5.56 Å². The van der Waals surface area contributed by atoms with Gasteiger partial charge in [-0.1, -0.05) is 35.4 Å². The van der Waals surface area contributed by atoms with Crippen LogP contribution in [0.25, 0.3) is 0 Å². The van der Waals surface area contributed by atoms with Crippen LogP contribution in [0.3, 0.4) is 0 Å². The fraction of sp³-hybridized carbons (Fsp3) is 0.294. The van der Waals surface area contributed by atoms with E-state index in [0.29, 0.717) is 17.3 Å². The van der Waals surface area contributed by atoms with Gasteiger partial charge in [-0.2, -0.15) is 0 Å². The molecule has 0 aliphatic heterocycles. The Morgan fingerprint density at radius 2 is 2.00 bits per heavy atom. The van der Waals surface area contributed by atoms with Gasteiger partial charge in [0.05, 0.1) is 17.8 Å². The number of aryl methyl sites for hydroxylation is 1. The zero-order chi connectivity index (χ0) is 16.1. The fourth-order valence-corrected chi connectivity index (χ4v) is 3.10. The van der Waals surface area contributed by atoms with Crippen molar-refractivity contribution in [3.05, 3.63) is 58.1 Å². The number of anilines is 1. The number of halogens is 1. The monoisotopic (exact) mass is 337 g/mol. The molecule has 0 aliphatic rings. The fourth-order valence-electron chi connectivity index (χ4n) is 2.27. The third-order valence-electron chi connectivity index (χ3n) is 3.31. The molecule has 0 aromatic heterocycles. The number of methoxy groups -OCH3 is 1. The van der Waals surface area contributed by atoms with Crippen molar-refractivity contribution in [2.45, 2.75) is 19.2 Å². The normalized spacial score (nSPS) is 12.0. The van der Waals surface area contributed by atoms with Crippen LogP contribution in [0.5, 0.6) is 5.75 Å². The van der Waals surface area contributed by atoms with Gasteiger partial charge in [-0.15, -0.1) is 0 Å². The molecule has 0 heterocycles. The van der Waals surface area contributed by atoms with E-state index < -0.39 is 10.8 Å². The second kappa shape index (κ2) is 7.65. The van der Waals surface area contributed by atoms with Crippen molar-refractivity contribution < 1.29 is 8.95 Å². The largest absolute Gasteiger partial charge is 0.496 e. The molecule has 3 nitrogen and oxygen atoms in total. The van der Waals surface area contributed by atoms with Crippen LogP contribution >= 0.6 is 11.6 Å². The molecule has 0 bridgehead atoms. The van der Waals surface area contributed by atoms with E-state index in [1.807, 2.05) is 37.3 Å². The van der Waals surface area contributed by atoms with Gasteiger partial charge in [-0.3, -0.25) is 4.21 Å². The predicted molar refractivity (Wildman–Crippen MR) is 94.3 cm³/mol. The highest BCUT2D eigenvalue weighted by atomic mass is 35.5. The van der Waals surface area contributed by atoms with Crippen LogP contribution in [0.1, 0.15) is 16.7 Å². The molecule has 2 aromatic rings. The van der Waals surface area contributed by atoms with E-state index in [4.69, 9.17) is 16.3 Å². The smallest absolute Gasteiger partial charge is 0.123 e. The molecule has 1 atom stereocenters. The van der Waals surface area contributed by atoms with E-state index in [2.05, 4.69) is 11.4 Å². The first-order chi connectivity index (χ1) is 10.5. The minimum Gasteiger partial charge on any atom is -0.496 e. The van der Waals surface area contributed by atoms with Gasteiger partial charge in [0, 0.05) is 34.9 Å². The number of nitrogens with one attached hydrogen (secondary N) is 1. The molecule has 0 saturated carbocycles. The predicted octanol–water partition coefficient (Wildman–Crippen LogP) is 4.15. The van der Waals surface area contributed by atoms with Crippen LogP contribution in [0, 0.1) is 6.92 Å². The maximum absolute atomic E-state index is 11.4. The molecule has 2 rings (SSSR count). The standard InChI is InChI=1S/C17H20ClNO2S/c1-12-4-7-17(21-2)14(8-12)10-19-16-9-13(11-22(3)20)5-6-15(16)18/h4-9,19H,10-11H2,1-3H3/t22-/m0/s1. The summed E-state index contributed by atoms with van der Waals surface area (Å²) < 4.78 is 16.7. The number of benzene rings is 2. The van der Waals surface area contributed by atoms with Crippen LogP contribution < -0.4 is 10.1 Å². The Hall–Kier alpha value is -1.52. The molecule has 0 unspecified atom stereocenters. The summed E-state index contributed by atoms with van der Waals surface area (Å²) >= 11 is 6.23. The molecule has 1 N–H and O–H groups in total. The third-order valence-corrected chi connectivity index (χ3v) is 4.38. The molecular weight excluding hydrogens is 318 g/mol. The molecule has 0 aliphatic carbocycles. The van der Waals surface area contributed by atoms with Crippen molar-refractivity contribution in [1.82, 2.24) is 0 Å².